The van der Waals surface area contributed by atoms with Crippen LogP contribution in [0.25, 0.3) is 0 Å². The van der Waals surface area contributed by atoms with Gasteiger partial charge >= 0.3 is 25.7 Å². The third-order valence-electron chi connectivity index (χ3n) is 12.9. The number of ether oxygens (including phenoxy) is 3. The zero-order valence-electron chi connectivity index (χ0n) is 47.6. The van der Waals surface area contributed by atoms with Gasteiger partial charge in [-0.1, -0.05) is 236 Å². The number of hydrogen-bond donors (Lipinski definition) is 2. The van der Waals surface area contributed by atoms with Crippen molar-refractivity contribution >= 4 is 25.7 Å². The summed E-state index contributed by atoms with van der Waals surface area (Å²) < 4.78 is 39.5. The lowest BCUT2D eigenvalue weighted by Crippen LogP contribution is -2.30. The van der Waals surface area contributed by atoms with Gasteiger partial charge in [0.25, 0.3) is 0 Å². The van der Waals surface area contributed by atoms with Crippen molar-refractivity contribution in [2.24, 2.45) is 0 Å². The smallest absolute Gasteiger partial charge is 0.462 e. The summed E-state index contributed by atoms with van der Waals surface area (Å²) in [6.45, 7) is 4.49. The van der Waals surface area contributed by atoms with E-state index in [0.29, 0.717) is 19.3 Å². The highest BCUT2D eigenvalue weighted by molar-refractivity contribution is 7.47. The van der Waals surface area contributed by atoms with Crippen LogP contribution in [0.4, 0.5) is 0 Å². The molecule has 0 saturated carbocycles. The maximum absolute atomic E-state index is 12.9. The minimum absolute atomic E-state index is 0.141. The largest absolute Gasteiger partial charge is 0.472 e. The molecule has 12 heteroatoms. The van der Waals surface area contributed by atoms with Crippen molar-refractivity contribution in [2.75, 3.05) is 26.4 Å². The van der Waals surface area contributed by atoms with E-state index >= 15 is 0 Å². The van der Waals surface area contributed by atoms with Crippen molar-refractivity contribution in [3.63, 3.8) is 0 Å². The van der Waals surface area contributed by atoms with Gasteiger partial charge in [-0.15, -0.1) is 0 Å². The molecule has 0 saturated heterocycles. The SMILES string of the molecule is CC/C=C\C/C=C\C/C=C\CCCCCC(=O)OC(CO)COP(=O)(O)OCC(COC(=O)CCCCCCCCCCCCCCCCCCCCC)OC(=O)CCCCCCC/C=C\C/C=C\CCCCC. The summed E-state index contributed by atoms with van der Waals surface area (Å²) in [7, 11) is -4.76. The minimum Gasteiger partial charge on any atom is -0.462 e. The van der Waals surface area contributed by atoms with E-state index in [0.717, 1.165) is 103 Å². The van der Waals surface area contributed by atoms with Crippen molar-refractivity contribution in [3.05, 3.63) is 60.8 Å². The topological polar surface area (TPSA) is 155 Å². The Balaban J connectivity index is 4.71. The minimum atomic E-state index is -4.76. The molecule has 0 aliphatic heterocycles. The van der Waals surface area contributed by atoms with Crippen LogP contribution in [0.1, 0.15) is 278 Å². The first-order chi connectivity index (χ1) is 36.2. The lowest BCUT2D eigenvalue weighted by molar-refractivity contribution is -0.161. The predicted molar refractivity (Wildman–Crippen MR) is 307 cm³/mol. The number of rotatable bonds is 56. The third kappa shape index (κ3) is 54.0. The lowest BCUT2D eigenvalue weighted by atomic mass is 10.0. The van der Waals surface area contributed by atoms with Crippen LogP contribution >= 0.6 is 7.82 Å². The van der Waals surface area contributed by atoms with E-state index in [1.807, 2.05) is 0 Å². The number of aliphatic hydroxyl groups is 1. The number of esters is 3. The van der Waals surface area contributed by atoms with Gasteiger partial charge in [0.1, 0.15) is 12.7 Å². The highest BCUT2D eigenvalue weighted by Crippen LogP contribution is 2.43. The predicted octanol–water partition coefficient (Wildman–Crippen LogP) is 17.9. The highest BCUT2D eigenvalue weighted by Gasteiger charge is 2.28. The molecule has 0 bridgehead atoms. The highest BCUT2D eigenvalue weighted by atomic mass is 31.2. The molecule has 0 aliphatic carbocycles. The van der Waals surface area contributed by atoms with Crippen LogP contribution in [0.3, 0.4) is 0 Å². The monoisotopic (exact) mass is 1060 g/mol. The zero-order chi connectivity index (χ0) is 54.1. The average Bonchev–Trinajstić information content (AvgIpc) is 3.39. The summed E-state index contributed by atoms with van der Waals surface area (Å²) in [6, 6.07) is 0. The molecule has 0 aromatic rings. The van der Waals surface area contributed by atoms with Gasteiger partial charge in [0.05, 0.1) is 19.8 Å². The molecule has 0 rings (SSSR count). The molecule has 3 unspecified atom stereocenters. The van der Waals surface area contributed by atoms with Crippen molar-refractivity contribution < 1.29 is 52.2 Å². The Hall–Kier alpha value is -2.82. The lowest BCUT2D eigenvalue weighted by Gasteiger charge is -2.21. The van der Waals surface area contributed by atoms with Crippen LogP contribution in [-0.4, -0.2) is 66.5 Å². The van der Waals surface area contributed by atoms with Gasteiger partial charge in [0.2, 0.25) is 0 Å². The van der Waals surface area contributed by atoms with E-state index < -0.39 is 57.8 Å². The van der Waals surface area contributed by atoms with Gasteiger partial charge in [0, 0.05) is 19.3 Å². The maximum atomic E-state index is 12.9. The molecule has 3 atom stereocenters. The van der Waals surface area contributed by atoms with Crippen LogP contribution in [-0.2, 0) is 42.2 Å². The molecule has 74 heavy (non-hydrogen) atoms. The van der Waals surface area contributed by atoms with Crippen LogP contribution in [0.5, 0.6) is 0 Å². The summed E-state index contributed by atoms with van der Waals surface area (Å²) >= 11 is 0. The Kier molecular flexibility index (Phi) is 54.2. The normalized spacial score (nSPS) is 13.7. The first kappa shape index (κ1) is 71.2. The third-order valence-corrected chi connectivity index (χ3v) is 13.9. The van der Waals surface area contributed by atoms with Crippen LogP contribution < -0.4 is 0 Å². The number of aliphatic hydroxyl groups excluding tert-OH is 1. The molecule has 2 N–H and O–H groups in total. The molecule has 0 fully saturated rings. The van der Waals surface area contributed by atoms with Gasteiger partial charge in [-0.05, 0) is 83.5 Å². The maximum Gasteiger partial charge on any atom is 0.472 e. The molecular weight excluding hydrogens is 952 g/mol. The summed E-state index contributed by atoms with van der Waals surface area (Å²) in [5.74, 6) is -1.50. The summed E-state index contributed by atoms with van der Waals surface area (Å²) in [6.07, 6.45) is 61.8. The average molecular weight is 1060 g/mol. The molecule has 0 aromatic heterocycles. The van der Waals surface area contributed by atoms with Crippen molar-refractivity contribution in [3.8, 4) is 0 Å². The molecule has 0 aliphatic rings. The van der Waals surface area contributed by atoms with E-state index in [2.05, 4.69) is 81.5 Å². The molecule has 0 spiro atoms. The number of hydrogen-bond acceptors (Lipinski definition) is 10. The Morgan fingerprint density at radius 2 is 0.703 bits per heavy atom. The van der Waals surface area contributed by atoms with Crippen molar-refractivity contribution in [1.82, 2.24) is 0 Å². The Morgan fingerprint density at radius 1 is 0.392 bits per heavy atom. The molecule has 0 radical (unpaired) electrons. The van der Waals surface area contributed by atoms with Crippen LogP contribution in [0.15, 0.2) is 60.8 Å². The number of carbonyl (C=O) groups is 3. The molecule has 0 heterocycles. The summed E-state index contributed by atoms with van der Waals surface area (Å²) in [4.78, 5) is 48.6. The fraction of sp³-hybridized carbons (Fsp3) is 0.790. The van der Waals surface area contributed by atoms with Crippen molar-refractivity contribution in [1.29, 1.82) is 0 Å². The molecule has 0 amide bonds. The van der Waals surface area contributed by atoms with Crippen molar-refractivity contribution in [2.45, 2.75) is 290 Å². The number of phosphoric ester groups is 1. The second-order valence-corrected chi connectivity index (χ2v) is 21.6. The van der Waals surface area contributed by atoms with E-state index in [-0.39, 0.29) is 25.9 Å². The van der Waals surface area contributed by atoms with Crippen LogP contribution in [0, 0.1) is 0 Å². The fourth-order valence-corrected chi connectivity index (χ4v) is 9.13. The van der Waals surface area contributed by atoms with E-state index in [1.54, 1.807) is 0 Å². The number of phosphoric acid groups is 1. The van der Waals surface area contributed by atoms with E-state index in [4.69, 9.17) is 23.3 Å². The van der Waals surface area contributed by atoms with Gasteiger partial charge in [-0.3, -0.25) is 23.4 Å². The zero-order valence-corrected chi connectivity index (χ0v) is 48.5. The first-order valence-corrected chi connectivity index (χ1v) is 31.7. The second kappa shape index (κ2) is 56.4. The first-order valence-electron chi connectivity index (χ1n) is 30.2. The number of allylic oxidation sites excluding steroid dienone is 10. The number of carbonyl (C=O) groups excluding carboxylic acids is 3. The molecule has 11 nitrogen and oxygen atoms in total. The van der Waals surface area contributed by atoms with Gasteiger partial charge in [-0.2, -0.15) is 0 Å². The van der Waals surface area contributed by atoms with E-state index in [1.165, 1.54) is 116 Å². The second-order valence-electron chi connectivity index (χ2n) is 20.1. The Bertz CT molecular complexity index is 1470. The van der Waals surface area contributed by atoms with Gasteiger partial charge in [-0.25, -0.2) is 4.57 Å². The Labute approximate surface area is 453 Å². The van der Waals surface area contributed by atoms with Crippen LogP contribution in [0.2, 0.25) is 0 Å². The summed E-state index contributed by atoms with van der Waals surface area (Å²) in [5.41, 5.74) is 0. The molecular formula is C62H111O11P. The van der Waals surface area contributed by atoms with Gasteiger partial charge in [0.15, 0.2) is 6.10 Å². The molecule has 0 aromatic carbocycles. The van der Waals surface area contributed by atoms with E-state index in [9.17, 15) is 28.9 Å². The quantitative estimate of drug-likeness (QED) is 0.0197. The van der Waals surface area contributed by atoms with Gasteiger partial charge < -0.3 is 24.2 Å². The fourth-order valence-electron chi connectivity index (χ4n) is 8.34. The summed E-state index contributed by atoms with van der Waals surface area (Å²) in [5, 5.41) is 9.81. The molecule has 430 valence electrons. The standard InChI is InChI=1S/C62H111O11P/c1-4-7-10-13-16-19-22-25-27-28-29-30-32-34-36-39-42-45-48-51-60(64)69-55-59(73-62(66)53-50-47-44-41-38-35-31-26-23-20-17-14-11-8-5-2)57-71-74(67,68)70-56-58(54-63)72-61(65)52-49-46-43-40-37-33-24-21-18-15-12-9-6-3/h9,12,17-18,20-21,26,31,33,37,58-59,63H,4-8,10-11,13-16,19,22-25,27-30,32,34-36,38-57H2,1-3H3,(H,67,68)/b12-9-,20-17-,21-18-,31-26-,37-33-. The number of unbranched alkanes of at least 4 members (excludes halogenated alkanes) is 29. The Morgan fingerprint density at radius 3 is 1.12 bits per heavy atom.